The molecule has 0 saturated carbocycles. The molecule has 0 N–H and O–H groups in total. The molecule has 0 bridgehead atoms. The van der Waals surface area contributed by atoms with Crippen molar-refractivity contribution < 1.29 is 0 Å². The Morgan fingerprint density at radius 1 is 1.10 bits per heavy atom. The van der Waals surface area contributed by atoms with Gasteiger partial charge in [0.1, 0.15) is 5.82 Å². The molecule has 2 aromatic carbocycles. The summed E-state index contributed by atoms with van der Waals surface area (Å²) in [5.41, 5.74) is 4.37. The fourth-order valence-corrected chi connectivity index (χ4v) is 3.60. The van der Waals surface area contributed by atoms with Crippen LogP contribution in [0.3, 0.4) is 0 Å². The Kier molecular flexibility index (Phi) is 4.38. The number of rotatable bonds is 3. The van der Waals surface area contributed by atoms with Crippen LogP contribution in [-0.4, -0.2) is 15.4 Å². The van der Waals surface area contributed by atoms with Crippen molar-refractivity contribution in [3.63, 3.8) is 0 Å². The quantitative estimate of drug-likeness (QED) is 0.494. The van der Waals surface area contributed by atoms with Crippen molar-refractivity contribution in [1.29, 1.82) is 0 Å². The van der Waals surface area contributed by atoms with Crippen molar-refractivity contribution in [2.75, 3.05) is 5.88 Å². The van der Waals surface area contributed by atoms with Crippen molar-refractivity contribution in [2.45, 2.75) is 13.3 Å². The van der Waals surface area contributed by atoms with Crippen LogP contribution in [-0.2, 0) is 6.42 Å². The minimum absolute atomic E-state index is 0.553. The van der Waals surface area contributed by atoms with Gasteiger partial charge < -0.3 is 0 Å². The average molecular weight is 429 g/mol. The van der Waals surface area contributed by atoms with Crippen LogP contribution in [0.4, 0.5) is 0 Å². The summed E-state index contributed by atoms with van der Waals surface area (Å²) in [5, 5.41) is 0. The molecule has 3 aromatic rings. The van der Waals surface area contributed by atoms with Crippen molar-refractivity contribution >= 4 is 54.5 Å². The molecule has 0 aliphatic heterocycles. The Morgan fingerprint density at radius 3 is 2.62 bits per heavy atom. The summed E-state index contributed by atoms with van der Waals surface area (Å²) >= 11 is 13.0. The highest BCUT2D eigenvalue weighted by Crippen LogP contribution is 2.27. The topological polar surface area (TPSA) is 17.8 Å². The number of imidazole rings is 1. The van der Waals surface area contributed by atoms with E-state index in [2.05, 4.69) is 67.6 Å². The summed E-state index contributed by atoms with van der Waals surface area (Å²) in [6.45, 7) is 2.09. The summed E-state index contributed by atoms with van der Waals surface area (Å²) in [6.07, 6.45) is 0.736. The predicted octanol–water partition coefficient (Wildman–Crippen LogP) is 5.64. The van der Waals surface area contributed by atoms with Crippen LogP contribution < -0.4 is 0 Å². The molecule has 0 amide bonds. The maximum Gasteiger partial charge on any atom is 0.115 e. The monoisotopic (exact) mass is 426 g/mol. The average Bonchev–Trinajstić information content (AvgIpc) is 2.75. The molecule has 0 unspecified atom stereocenters. The largest absolute Gasteiger partial charge is 0.296 e. The maximum absolute atomic E-state index is 5.95. The third-order valence-corrected chi connectivity index (χ3v) is 4.43. The summed E-state index contributed by atoms with van der Waals surface area (Å²) in [5.74, 6) is 1.54. The van der Waals surface area contributed by atoms with Crippen LogP contribution in [0.1, 0.15) is 11.4 Å². The Labute approximate surface area is 145 Å². The summed E-state index contributed by atoms with van der Waals surface area (Å²) in [7, 11) is 0. The number of hydrogen-bond donors (Lipinski definition) is 0. The van der Waals surface area contributed by atoms with E-state index in [0.29, 0.717) is 5.88 Å². The van der Waals surface area contributed by atoms with Gasteiger partial charge in [-0.05, 0) is 48.9 Å². The lowest BCUT2D eigenvalue weighted by Crippen LogP contribution is -2.02. The second-order valence-corrected chi connectivity index (χ2v) is 7.13. The highest BCUT2D eigenvalue weighted by atomic mass is 79.9. The Balaban J connectivity index is 2.30. The lowest BCUT2D eigenvalue weighted by molar-refractivity contribution is 0.911. The number of aryl methyl sites for hydroxylation is 2. The van der Waals surface area contributed by atoms with E-state index < -0.39 is 0 Å². The van der Waals surface area contributed by atoms with Gasteiger partial charge in [-0.15, -0.1) is 11.6 Å². The van der Waals surface area contributed by atoms with E-state index in [0.717, 1.165) is 37.9 Å². The molecule has 5 heteroatoms. The zero-order chi connectivity index (χ0) is 15.0. The standard InChI is InChI=1S/C16H13Br2ClN2/c1-10-6-12(18)8-13(7-10)21-15-3-2-11(17)9-14(15)20-16(21)4-5-19/h2-3,6-9H,4-5H2,1H3. The number of hydrogen-bond acceptors (Lipinski definition) is 1. The molecule has 2 nitrogen and oxygen atoms in total. The van der Waals surface area contributed by atoms with Gasteiger partial charge in [0.25, 0.3) is 0 Å². The smallest absolute Gasteiger partial charge is 0.115 e. The van der Waals surface area contributed by atoms with Gasteiger partial charge in [0.15, 0.2) is 0 Å². The molecule has 0 radical (unpaired) electrons. The number of fused-ring (bicyclic) bond motifs is 1. The van der Waals surface area contributed by atoms with E-state index in [-0.39, 0.29) is 0 Å². The Bertz CT molecular complexity index is 791. The molecule has 0 atom stereocenters. The van der Waals surface area contributed by atoms with Gasteiger partial charge in [-0.2, -0.15) is 0 Å². The molecule has 0 aliphatic carbocycles. The normalized spacial score (nSPS) is 11.2. The molecule has 1 heterocycles. The molecule has 0 aliphatic rings. The van der Waals surface area contributed by atoms with Crippen LogP contribution in [0.15, 0.2) is 45.3 Å². The zero-order valence-corrected chi connectivity index (χ0v) is 15.3. The molecular weight excluding hydrogens is 415 g/mol. The van der Waals surface area contributed by atoms with Crippen LogP contribution in [0, 0.1) is 6.92 Å². The van der Waals surface area contributed by atoms with E-state index in [4.69, 9.17) is 16.6 Å². The van der Waals surface area contributed by atoms with Crippen LogP contribution >= 0.6 is 43.5 Å². The molecule has 3 rings (SSSR count). The minimum atomic E-state index is 0.553. The number of alkyl halides is 1. The van der Waals surface area contributed by atoms with Gasteiger partial charge in [-0.3, -0.25) is 4.57 Å². The van der Waals surface area contributed by atoms with Crippen LogP contribution in [0.2, 0.25) is 0 Å². The van der Waals surface area contributed by atoms with Gasteiger partial charge in [0.05, 0.1) is 11.0 Å². The summed E-state index contributed by atoms with van der Waals surface area (Å²) < 4.78 is 4.28. The van der Waals surface area contributed by atoms with Crippen LogP contribution in [0.25, 0.3) is 16.7 Å². The SMILES string of the molecule is Cc1cc(Br)cc(-n2c(CCCl)nc3cc(Br)ccc32)c1. The Hall–Kier alpha value is -0.840. The van der Waals surface area contributed by atoms with Gasteiger partial charge in [-0.1, -0.05) is 31.9 Å². The first-order valence-electron chi connectivity index (χ1n) is 6.59. The first-order chi connectivity index (χ1) is 10.1. The summed E-state index contributed by atoms with van der Waals surface area (Å²) in [6, 6.07) is 12.5. The van der Waals surface area contributed by atoms with Gasteiger partial charge >= 0.3 is 0 Å². The van der Waals surface area contributed by atoms with E-state index in [1.807, 2.05) is 12.1 Å². The molecule has 21 heavy (non-hydrogen) atoms. The van der Waals surface area contributed by atoms with Crippen molar-refractivity contribution in [3.8, 4) is 5.69 Å². The van der Waals surface area contributed by atoms with E-state index in [1.54, 1.807) is 0 Å². The van der Waals surface area contributed by atoms with Gasteiger partial charge in [0, 0.05) is 26.9 Å². The highest BCUT2D eigenvalue weighted by Gasteiger charge is 2.13. The van der Waals surface area contributed by atoms with Crippen molar-refractivity contribution in [3.05, 3.63) is 56.7 Å². The van der Waals surface area contributed by atoms with E-state index in [1.165, 1.54) is 5.56 Å². The van der Waals surface area contributed by atoms with E-state index >= 15 is 0 Å². The van der Waals surface area contributed by atoms with Gasteiger partial charge in [-0.25, -0.2) is 4.98 Å². The predicted molar refractivity (Wildman–Crippen MR) is 95.6 cm³/mol. The number of halogens is 3. The zero-order valence-electron chi connectivity index (χ0n) is 11.4. The molecule has 0 fully saturated rings. The van der Waals surface area contributed by atoms with E-state index in [9.17, 15) is 0 Å². The first kappa shape index (κ1) is 15.1. The molecular formula is C16H13Br2ClN2. The first-order valence-corrected chi connectivity index (χ1v) is 8.71. The summed E-state index contributed by atoms with van der Waals surface area (Å²) in [4.78, 5) is 4.73. The minimum Gasteiger partial charge on any atom is -0.296 e. The third kappa shape index (κ3) is 3.03. The number of nitrogens with zero attached hydrogens (tertiary/aromatic N) is 2. The molecule has 0 saturated heterocycles. The van der Waals surface area contributed by atoms with Gasteiger partial charge in [0.2, 0.25) is 0 Å². The fourth-order valence-electron chi connectivity index (χ4n) is 2.49. The third-order valence-electron chi connectivity index (χ3n) is 3.29. The lowest BCUT2D eigenvalue weighted by atomic mass is 10.2. The number of benzene rings is 2. The van der Waals surface area contributed by atoms with Crippen LogP contribution in [0.5, 0.6) is 0 Å². The lowest BCUT2D eigenvalue weighted by Gasteiger charge is -2.10. The second kappa shape index (κ2) is 6.11. The maximum atomic E-state index is 5.95. The molecule has 0 spiro atoms. The number of aromatic nitrogens is 2. The Morgan fingerprint density at radius 2 is 1.90 bits per heavy atom. The van der Waals surface area contributed by atoms with Crippen molar-refractivity contribution in [1.82, 2.24) is 9.55 Å². The molecule has 108 valence electrons. The molecule has 1 aromatic heterocycles. The fraction of sp³-hybridized carbons (Fsp3) is 0.188. The second-order valence-electron chi connectivity index (χ2n) is 4.92. The van der Waals surface area contributed by atoms with Crippen molar-refractivity contribution in [2.24, 2.45) is 0 Å². The highest BCUT2D eigenvalue weighted by molar-refractivity contribution is 9.10.